The highest BCUT2D eigenvalue weighted by molar-refractivity contribution is 5.94. The average Bonchev–Trinajstić information content (AvgIpc) is 2.30. The van der Waals surface area contributed by atoms with E-state index in [0.717, 1.165) is 21.9 Å². The Labute approximate surface area is 95.4 Å². The monoisotopic (exact) mass is 210 g/mol. The number of hydrogen-bond acceptors (Lipinski definition) is 1. The summed E-state index contributed by atoms with van der Waals surface area (Å²) < 4.78 is 0. The second-order valence-electron chi connectivity index (χ2n) is 3.65. The Hall–Kier alpha value is -2.02. The Morgan fingerprint density at radius 1 is 1.25 bits per heavy atom. The van der Waals surface area contributed by atoms with Crippen molar-refractivity contribution in [1.29, 1.82) is 0 Å². The molecule has 0 atom stereocenters. The summed E-state index contributed by atoms with van der Waals surface area (Å²) in [6.45, 7) is 5.71. The first-order valence-corrected chi connectivity index (χ1v) is 5.27. The molecule has 1 N–H and O–H groups in total. The molecule has 2 aromatic carbocycles. The van der Waals surface area contributed by atoms with E-state index in [4.69, 9.17) is 0 Å². The third-order valence-corrected chi connectivity index (χ3v) is 2.64. The van der Waals surface area contributed by atoms with Crippen LogP contribution in [-0.4, -0.2) is 5.11 Å². The number of allylic oxidation sites excluding steroid dienone is 1. The number of hydrogen-bond donors (Lipinski definition) is 1. The second-order valence-corrected chi connectivity index (χ2v) is 3.65. The molecule has 0 aliphatic heterocycles. The molecule has 0 amide bonds. The van der Waals surface area contributed by atoms with E-state index in [1.54, 1.807) is 6.08 Å². The summed E-state index contributed by atoms with van der Waals surface area (Å²) in [4.78, 5) is 0. The topological polar surface area (TPSA) is 20.2 Å². The maximum absolute atomic E-state index is 10.2. The molecule has 1 heteroatoms. The number of phenolic OH excluding ortho intramolecular Hbond substituents is 1. The van der Waals surface area contributed by atoms with Crippen molar-refractivity contribution >= 4 is 22.9 Å². The minimum Gasteiger partial charge on any atom is -0.507 e. The van der Waals surface area contributed by atoms with Crippen molar-refractivity contribution in [3.63, 3.8) is 0 Å². The van der Waals surface area contributed by atoms with Gasteiger partial charge in [-0.05, 0) is 23.9 Å². The smallest absolute Gasteiger partial charge is 0.131 e. The van der Waals surface area contributed by atoms with Gasteiger partial charge in [-0.25, -0.2) is 0 Å². The van der Waals surface area contributed by atoms with Crippen LogP contribution in [0.1, 0.15) is 18.1 Å². The molecule has 0 unspecified atom stereocenters. The quantitative estimate of drug-likeness (QED) is 0.786. The molecule has 16 heavy (non-hydrogen) atoms. The molecule has 0 bridgehead atoms. The molecule has 0 heterocycles. The average molecular weight is 210 g/mol. The lowest BCUT2D eigenvalue weighted by molar-refractivity contribution is 0.480. The highest BCUT2D eigenvalue weighted by atomic mass is 16.3. The molecule has 80 valence electrons. The molecule has 0 saturated carbocycles. The highest BCUT2D eigenvalue weighted by Crippen LogP contribution is 2.33. The molecule has 0 saturated heterocycles. The van der Waals surface area contributed by atoms with E-state index in [1.165, 1.54) is 0 Å². The first kappa shape index (κ1) is 10.5. The molecule has 1 nitrogen and oxygen atoms in total. The van der Waals surface area contributed by atoms with Crippen LogP contribution in [0.25, 0.3) is 22.9 Å². The van der Waals surface area contributed by atoms with Crippen molar-refractivity contribution in [2.75, 3.05) is 0 Å². The minimum absolute atomic E-state index is 0.307. The van der Waals surface area contributed by atoms with E-state index in [9.17, 15) is 5.11 Å². The van der Waals surface area contributed by atoms with Crippen LogP contribution in [0, 0.1) is 0 Å². The zero-order valence-corrected chi connectivity index (χ0v) is 9.27. The number of phenols is 1. The standard InChI is InChI=1S/C15H14O/c1-3-7-11-10-12-8-5-6-9-14(12)15(16)13(11)4-2/h3-10,16H,2H2,1H3/b7-3-. The molecule has 0 fully saturated rings. The van der Waals surface area contributed by atoms with Gasteiger partial charge in [-0.15, -0.1) is 0 Å². The van der Waals surface area contributed by atoms with Gasteiger partial charge < -0.3 is 5.11 Å². The van der Waals surface area contributed by atoms with Gasteiger partial charge in [0.15, 0.2) is 0 Å². The zero-order chi connectivity index (χ0) is 11.5. The van der Waals surface area contributed by atoms with Gasteiger partial charge in [0, 0.05) is 10.9 Å². The largest absolute Gasteiger partial charge is 0.507 e. The van der Waals surface area contributed by atoms with Crippen molar-refractivity contribution in [3.8, 4) is 5.75 Å². The molecule has 0 aliphatic rings. The van der Waals surface area contributed by atoms with Crippen molar-refractivity contribution in [2.45, 2.75) is 6.92 Å². The second kappa shape index (κ2) is 4.23. The van der Waals surface area contributed by atoms with Gasteiger partial charge >= 0.3 is 0 Å². The van der Waals surface area contributed by atoms with Crippen LogP contribution in [0.15, 0.2) is 43.0 Å². The molecule has 0 spiro atoms. The third kappa shape index (κ3) is 1.61. The summed E-state index contributed by atoms with van der Waals surface area (Å²) in [5.74, 6) is 0.307. The Balaban J connectivity index is 2.86. The van der Waals surface area contributed by atoms with Crippen LogP contribution in [0.4, 0.5) is 0 Å². The van der Waals surface area contributed by atoms with Crippen molar-refractivity contribution < 1.29 is 5.11 Å². The number of fused-ring (bicyclic) bond motifs is 1. The van der Waals surface area contributed by atoms with Crippen molar-refractivity contribution in [3.05, 3.63) is 54.1 Å². The van der Waals surface area contributed by atoms with Crippen LogP contribution in [0.5, 0.6) is 5.75 Å². The highest BCUT2D eigenvalue weighted by Gasteiger charge is 2.07. The van der Waals surface area contributed by atoms with Crippen LogP contribution in [-0.2, 0) is 0 Å². The van der Waals surface area contributed by atoms with Gasteiger partial charge in [-0.1, -0.05) is 49.1 Å². The van der Waals surface area contributed by atoms with Gasteiger partial charge in [-0.2, -0.15) is 0 Å². The molecule has 0 aromatic heterocycles. The summed E-state index contributed by atoms with van der Waals surface area (Å²) in [5.41, 5.74) is 1.78. The summed E-state index contributed by atoms with van der Waals surface area (Å²) in [5, 5.41) is 12.1. The van der Waals surface area contributed by atoms with Gasteiger partial charge in [0.05, 0.1) is 0 Å². The first-order chi connectivity index (χ1) is 7.77. The fourth-order valence-corrected chi connectivity index (χ4v) is 1.90. The molecular formula is C15H14O. The van der Waals surface area contributed by atoms with E-state index in [1.807, 2.05) is 43.3 Å². The van der Waals surface area contributed by atoms with Crippen LogP contribution >= 0.6 is 0 Å². The Bertz CT molecular complexity index is 565. The molecule has 2 aromatic rings. The molecule has 0 aliphatic carbocycles. The maximum Gasteiger partial charge on any atom is 0.131 e. The number of aromatic hydroxyl groups is 1. The van der Waals surface area contributed by atoms with Gasteiger partial charge in [0.25, 0.3) is 0 Å². The van der Waals surface area contributed by atoms with E-state index in [-0.39, 0.29) is 0 Å². The van der Waals surface area contributed by atoms with Crippen molar-refractivity contribution in [1.82, 2.24) is 0 Å². The predicted octanol–water partition coefficient (Wildman–Crippen LogP) is 4.22. The molecular weight excluding hydrogens is 196 g/mol. The molecule has 2 rings (SSSR count). The van der Waals surface area contributed by atoms with Gasteiger partial charge in [0.1, 0.15) is 5.75 Å². The van der Waals surface area contributed by atoms with E-state index in [2.05, 4.69) is 12.6 Å². The summed E-state index contributed by atoms with van der Waals surface area (Å²) >= 11 is 0. The normalized spacial score (nSPS) is 11.1. The lowest BCUT2D eigenvalue weighted by atomic mass is 9.99. The van der Waals surface area contributed by atoms with Crippen molar-refractivity contribution in [2.24, 2.45) is 0 Å². The number of rotatable bonds is 2. The number of benzene rings is 2. The fourth-order valence-electron chi connectivity index (χ4n) is 1.90. The Kier molecular flexibility index (Phi) is 2.78. The van der Waals surface area contributed by atoms with Crippen LogP contribution < -0.4 is 0 Å². The minimum atomic E-state index is 0.307. The lowest BCUT2D eigenvalue weighted by Crippen LogP contribution is -1.84. The Morgan fingerprint density at radius 2 is 2.00 bits per heavy atom. The summed E-state index contributed by atoms with van der Waals surface area (Å²) in [6.07, 6.45) is 5.62. The molecule has 0 radical (unpaired) electrons. The summed E-state index contributed by atoms with van der Waals surface area (Å²) in [6, 6.07) is 9.86. The lowest BCUT2D eigenvalue weighted by Gasteiger charge is -2.08. The fraction of sp³-hybridized carbons (Fsp3) is 0.0667. The van der Waals surface area contributed by atoms with E-state index < -0.39 is 0 Å². The maximum atomic E-state index is 10.2. The first-order valence-electron chi connectivity index (χ1n) is 5.27. The Morgan fingerprint density at radius 3 is 2.69 bits per heavy atom. The zero-order valence-electron chi connectivity index (χ0n) is 9.27. The van der Waals surface area contributed by atoms with Crippen LogP contribution in [0.3, 0.4) is 0 Å². The van der Waals surface area contributed by atoms with Crippen LogP contribution in [0.2, 0.25) is 0 Å². The van der Waals surface area contributed by atoms with Gasteiger partial charge in [-0.3, -0.25) is 0 Å². The van der Waals surface area contributed by atoms with E-state index in [0.29, 0.717) is 5.75 Å². The SMILES string of the molecule is C=Cc1c(/C=C\C)cc2ccccc2c1O. The predicted molar refractivity (Wildman–Crippen MR) is 70.4 cm³/mol. The van der Waals surface area contributed by atoms with E-state index >= 15 is 0 Å². The summed E-state index contributed by atoms with van der Waals surface area (Å²) in [7, 11) is 0. The third-order valence-electron chi connectivity index (χ3n) is 2.64. The van der Waals surface area contributed by atoms with Gasteiger partial charge in [0.2, 0.25) is 0 Å².